The summed E-state index contributed by atoms with van der Waals surface area (Å²) >= 11 is 0. The minimum atomic E-state index is -3.64. The number of esters is 1. The van der Waals surface area contributed by atoms with Crippen LogP contribution in [0.25, 0.3) is 0 Å². The maximum Gasteiger partial charge on any atom is 0.302 e. The number of carbonyl (C=O) groups is 1. The molecule has 24 heavy (non-hydrogen) atoms. The molecule has 0 saturated carbocycles. The van der Waals surface area contributed by atoms with E-state index in [2.05, 4.69) is 0 Å². The van der Waals surface area contributed by atoms with Gasteiger partial charge in [-0.15, -0.1) is 0 Å². The Hall–Kier alpha value is -2.21. The normalized spacial score (nSPS) is 16.0. The zero-order valence-corrected chi connectivity index (χ0v) is 14.2. The van der Waals surface area contributed by atoms with Crippen molar-refractivity contribution < 1.29 is 22.3 Å². The summed E-state index contributed by atoms with van der Waals surface area (Å²) in [7, 11) is -3.64. The average Bonchev–Trinajstić information content (AvgIpc) is 2.51. The fraction of sp³-hybridized carbons (Fsp3) is 0.278. The number of ether oxygens (including phenoxy) is 1. The van der Waals surface area contributed by atoms with Crippen molar-refractivity contribution in [1.82, 2.24) is 0 Å². The van der Waals surface area contributed by atoms with Gasteiger partial charge in [0.15, 0.2) is 0 Å². The van der Waals surface area contributed by atoms with Gasteiger partial charge in [-0.3, -0.25) is 4.79 Å². The Morgan fingerprint density at radius 3 is 2.46 bits per heavy atom. The molecule has 1 aliphatic rings. The molecule has 0 spiro atoms. The predicted molar refractivity (Wildman–Crippen MR) is 86.1 cm³/mol. The van der Waals surface area contributed by atoms with Gasteiger partial charge in [0, 0.05) is 19.3 Å². The van der Waals surface area contributed by atoms with Gasteiger partial charge in [-0.2, -0.15) is 0 Å². The van der Waals surface area contributed by atoms with Crippen LogP contribution in [0.5, 0.6) is 0 Å². The monoisotopic (exact) mass is 348 g/mol. The van der Waals surface area contributed by atoms with Crippen LogP contribution in [0, 0.1) is 5.82 Å². The third-order valence-corrected chi connectivity index (χ3v) is 6.13. The number of hydrogen-bond acceptors (Lipinski definition) is 4. The molecule has 0 radical (unpaired) electrons. The van der Waals surface area contributed by atoms with E-state index >= 15 is 0 Å². The summed E-state index contributed by atoms with van der Waals surface area (Å²) in [6.07, 6.45) is 0.357. The topological polar surface area (TPSA) is 60.4 Å². The molecule has 1 atom stereocenters. The van der Waals surface area contributed by atoms with Crippen molar-refractivity contribution in [2.75, 3.05) is 6.61 Å². The summed E-state index contributed by atoms with van der Waals surface area (Å²) in [4.78, 5) is 11.3. The van der Waals surface area contributed by atoms with Crippen LogP contribution in [0.2, 0.25) is 0 Å². The molecule has 4 nitrogen and oxygen atoms in total. The van der Waals surface area contributed by atoms with Gasteiger partial charge in [-0.25, -0.2) is 12.8 Å². The number of rotatable bonds is 3. The van der Waals surface area contributed by atoms with Crippen LogP contribution in [0.1, 0.15) is 36.5 Å². The molecule has 3 rings (SSSR count). The smallest absolute Gasteiger partial charge is 0.302 e. The number of hydrogen-bond donors (Lipinski definition) is 0. The van der Waals surface area contributed by atoms with Crippen LogP contribution in [0.4, 0.5) is 4.39 Å². The van der Waals surface area contributed by atoms with E-state index in [0.717, 1.165) is 11.6 Å². The highest BCUT2D eigenvalue weighted by Crippen LogP contribution is 2.36. The molecule has 0 aliphatic carbocycles. The number of benzene rings is 2. The lowest BCUT2D eigenvalue weighted by atomic mass is 9.96. The van der Waals surface area contributed by atoms with Gasteiger partial charge >= 0.3 is 5.97 Å². The largest absolute Gasteiger partial charge is 0.465 e. The molecule has 2 aromatic rings. The Kier molecular flexibility index (Phi) is 4.17. The molecule has 1 aliphatic heterocycles. The number of fused-ring (bicyclic) bond motifs is 2. The molecular weight excluding hydrogens is 331 g/mol. The van der Waals surface area contributed by atoms with Crippen molar-refractivity contribution in [3.63, 3.8) is 0 Å². The second-order valence-electron chi connectivity index (χ2n) is 6.00. The van der Waals surface area contributed by atoms with E-state index in [1.54, 1.807) is 18.2 Å². The molecule has 0 aromatic heterocycles. The van der Waals surface area contributed by atoms with Crippen molar-refractivity contribution in [1.29, 1.82) is 0 Å². The molecule has 0 amide bonds. The van der Waals surface area contributed by atoms with Gasteiger partial charge in [-0.1, -0.05) is 19.1 Å². The lowest BCUT2D eigenvalue weighted by molar-refractivity contribution is -0.141. The van der Waals surface area contributed by atoms with Gasteiger partial charge in [0.25, 0.3) is 0 Å². The minimum Gasteiger partial charge on any atom is -0.465 e. The molecule has 2 aromatic carbocycles. The van der Waals surface area contributed by atoms with E-state index in [1.165, 1.54) is 19.1 Å². The highest BCUT2D eigenvalue weighted by Gasteiger charge is 2.30. The molecule has 0 saturated heterocycles. The van der Waals surface area contributed by atoms with Gasteiger partial charge in [0.1, 0.15) is 5.82 Å². The molecule has 126 valence electrons. The van der Waals surface area contributed by atoms with Crippen molar-refractivity contribution in [3.8, 4) is 0 Å². The van der Waals surface area contributed by atoms with E-state index in [4.69, 9.17) is 4.74 Å². The third kappa shape index (κ3) is 2.94. The Labute approximate surface area is 140 Å². The summed E-state index contributed by atoms with van der Waals surface area (Å²) in [6, 6.07) is 8.87. The SMILES string of the molecule is CC(=O)OCC(C)c1ccc2c(c1)Cc1cc(F)ccc1S2(=O)=O. The zero-order chi connectivity index (χ0) is 17.5. The Morgan fingerprint density at radius 1 is 1.17 bits per heavy atom. The number of sulfone groups is 1. The van der Waals surface area contributed by atoms with Crippen molar-refractivity contribution in [3.05, 3.63) is 58.9 Å². The molecule has 1 heterocycles. The summed E-state index contributed by atoms with van der Waals surface area (Å²) in [5.41, 5.74) is 1.98. The highest BCUT2D eigenvalue weighted by atomic mass is 32.2. The summed E-state index contributed by atoms with van der Waals surface area (Å²) in [5, 5.41) is 0. The van der Waals surface area contributed by atoms with Crippen LogP contribution in [-0.2, 0) is 25.8 Å². The van der Waals surface area contributed by atoms with Crippen molar-refractivity contribution in [2.24, 2.45) is 0 Å². The molecule has 0 N–H and O–H groups in total. The van der Waals surface area contributed by atoms with Gasteiger partial charge in [0.2, 0.25) is 9.84 Å². The fourth-order valence-electron chi connectivity index (χ4n) is 2.92. The Balaban J connectivity index is 2.00. The summed E-state index contributed by atoms with van der Waals surface area (Å²) in [6.45, 7) is 3.47. The Bertz CT molecular complexity index is 919. The van der Waals surface area contributed by atoms with Crippen LogP contribution < -0.4 is 0 Å². The fourth-order valence-corrected chi connectivity index (χ4v) is 4.60. The first-order valence-corrected chi connectivity index (χ1v) is 9.07. The summed E-state index contributed by atoms with van der Waals surface area (Å²) < 4.78 is 43.9. The van der Waals surface area contributed by atoms with Gasteiger partial charge in [0.05, 0.1) is 16.4 Å². The highest BCUT2D eigenvalue weighted by molar-refractivity contribution is 7.91. The maximum atomic E-state index is 13.5. The Morgan fingerprint density at radius 2 is 1.79 bits per heavy atom. The zero-order valence-electron chi connectivity index (χ0n) is 13.4. The first kappa shape index (κ1) is 16.6. The van der Waals surface area contributed by atoms with Crippen molar-refractivity contribution in [2.45, 2.75) is 36.0 Å². The average molecular weight is 348 g/mol. The quantitative estimate of drug-likeness (QED) is 0.539. The van der Waals surface area contributed by atoms with Gasteiger partial charge < -0.3 is 4.74 Å². The first-order chi connectivity index (χ1) is 11.3. The van der Waals surface area contributed by atoms with Crippen LogP contribution in [0.3, 0.4) is 0 Å². The molecule has 0 fully saturated rings. The summed E-state index contributed by atoms with van der Waals surface area (Å²) in [5.74, 6) is -0.866. The van der Waals surface area contributed by atoms with E-state index in [-0.39, 0.29) is 28.3 Å². The van der Waals surface area contributed by atoms with Crippen LogP contribution >= 0.6 is 0 Å². The van der Waals surface area contributed by atoms with Crippen LogP contribution in [-0.4, -0.2) is 21.0 Å². The molecular formula is C18H17FO4S. The second kappa shape index (κ2) is 6.02. The van der Waals surface area contributed by atoms with Crippen LogP contribution in [0.15, 0.2) is 46.2 Å². The first-order valence-electron chi connectivity index (χ1n) is 7.58. The third-order valence-electron chi connectivity index (χ3n) is 4.17. The van der Waals surface area contributed by atoms with E-state index in [1.807, 2.05) is 6.92 Å². The molecule has 0 bridgehead atoms. The lowest BCUT2D eigenvalue weighted by Gasteiger charge is -2.22. The molecule has 6 heteroatoms. The minimum absolute atomic E-state index is 0.0594. The molecule has 1 unspecified atom stereocenters. The number of halogens is 1. The number of carbonyl (C=O) groups excluding carboxylic acids is 1. The van der Waals surface area contributed by atoms with Crippen molar-refractivity contribution >= 4 is 15.8 Å². The van der Waals surface area contributed by atoms with E-state index in [0.29, 0.717) is 17.5 Å². The van der Waals surface area contributed by atoms with Gasteiger partial charge in [-0.05, 0) is 41.0 Å². The lowest BCUT2D eigenvalue weighted by Crippen LogP contribution is -2.16. The predicted octanol–water partition coefficient (Wildman–Crippen LogP) is 3.23. The second-order valence-corrected chi connectivity index (χ2v) is 7.89. The van der Waals surface area contributed by atoms with E-state index in [9.17, 15) is 17.6 Å². The standard InChI is InChI=1S/C18H17FO4S/c1-11(10-23-12(2)20)13-3-5-17-14(7-13)8-15-9-16(19)4-6-18(15)24(17,21)22/h3-7,9,11H,8,10H2,1-2H3. The maximum absolute atomic E-state index is 13.5. The van der Waals surface area contributed by atoms with E-state index < -0.39 is 15.7 Å².